The predicted molar refractivity (Wildman–Crippen MR) is 63.3 cm³/mol. The third-order valence-corrected chi connectivity index (χ3v) is 2.58. The Morgan fingerprint density at radius 1 is 1.31 bits per heavy atom. The summed E-state index contributed by atoms with van der Waals surface area (Å²) in [5.41, 5.74) is 5.60. The first-order valence-electron chi connectivity index (χ1n) is 4.87. The van der Waals surface area contributed by atoms with E-state index in [1.807, 2.05) is 31.4 Å². The topological polar surface area (TPSA) is 73.9 Å². The van der Waals surface area contributed by atoms with E-state index in [0.29, 0.717) is 5.82 Å². The van der Waals surface area contributed by atoms with Gasteiger partial charge in [-0.1, -0.05) is 6.07 Å². The quantitative estimate of drug-likeness (QED) is 0.881. The Morgan fingerprint density at radius 3 is 2.75 bits per heavy atom. The van der Waals surface area contributed by atoms with Crippen LogP contribution in [0, 0.1) is 0 Å². The summed E-state index contributed by atoms with van der Waals surface area (Å²) in [6.07, 6.45) is 0.0120. The van der Waals surface area contributed by atoms with Crippen LogP contribution in [0.2, 0.25) is 0 Å². The van der Waals surface area contributed by atoms with Crippen LogP contribution in [0.4, 0.5) is 5.95 Å². The first kappa shape index (κ1) is 10.8. The third-order valence-electron chi connectivity index (χ3n) is 1.71. The molecule has 0 spiro atoms. The molecule has 84 valence electrons. The molecule has 0 bridgehead atoms. The minimum atomic E-state index is 0.0120. The Kier molecular flexibility index (Phi) is 3.00. The molecule has 0 saturated carbocycles. The Balaban J connectivity index is 2.36. The van der Waals surface area contributed by atoms with Crippen molar-refractivity contribution in [2.24, 2.45) is 0 Å². The van der Waals surface area contributed by atoms with Gasteiger partial charge in [-0.25, -0.2) is 0 Å². The Bertz CT molecular complexity index is 470. The van der Waals surface area contributed by atoms with Gasteiger partial charge in [0.2, 0.25) is 5.95 Å². The monoisotopic (exact) mass is 236 g/mol. The van der Waals surface area contributed by atoms with Gasteiger partial charge in [-0.05, 0) is 25.3 Å². The number of ether oxygens (including phenoxy) is 1. The fourth-order valence-corrected chi connectivity index (χ4v) is 1.81. The zero-order valence-electron chi connectivity index (χ0n) is 9.04. The second-order valence-corrected chi connectivity index (χ2v) is 4.39. The number of anilines is 1. The summed E-state index contributed by atoms with van der Waals surface area (Å²) in [6, 6.07) is 4.13. The van der Waals surface area contributed by atoms with E-state index in [1.54, 1.807) is 11.3 Å². The van der Waals surface area contributed by atoms with Crippen LogP contribution in [0.5, 0.6) is 6.01 Å². The SMILES string of the molecule is CC(C)Oc1nc(N)nc(-c2cccs2)n1. The summed E-state index contributed by atoms with van der Waals surface area (Å²) in [5.74, 6) is 0.729. The number of hydrogen-bond donors (Lipinski definition) is 1. The van der Waals surface area contributed by atoms with Crippen molar-refractivity contribution in [3.8, 4) is 16.7 Å². The van der Waals surface area contributed by atoms with Gasteiger partial charge in [-0.15, -0.1) is 11.3 Å². The van der Waals surface area contributed by atoms with Crippen LogP contribution in [0.25, 0.3) is 10.7 Å². The molecular weight excluding hydrogens is 224 g/mol. The van der Waals surface area contributed by atoms with E-state index in [9.17, 15) is 0 Å². The second kappa shape index (κ2) is 4.44. The lowest BCUT2D eigenvalue weighted by atomic mass is 10.4. The fourth-order valence-electron chi connectivity index (χ4n) is 1.15. The molecule has 16 heavy (non-hydrogen) atoms. The highest BCUT2D eigenvalue weighted by molar-refractivity contribution is 7.13. The molecule has 0 aliphatic heterocycles. The van der Waals surface area contributed by atoms with E-state index in [4.69, 9.17) is 10.5 Å². The molecule has 0 radical (unpaired) electrons. The summed E-state index contributed by atoms with van der Waals surface area (Å²) >= 11 is 1.55. The number of thiophene rings is 1. The minimum absolute atomic E-state index is 0.0120. The molecule has 2 N–H and O–H groups in total. The highest BCUT2D eigenvalue weighted by Crippen LogP contribution is 2.22. The summed E-state index contributed by atoms with van der Waals surface area (Å²) in [4.78, 5) is 13.1. The van der Waals surface area contributed by atoms with Gasteiger partial charge in [0.1, 0.15) is 0 Å². The van der Waals surface area contributed by atoms with E-state index in [2.05, 4.69) is 15.0 Å². The molecule has 0 aromatic carbocycles. The van der Waals surface area contributed by atoms with E-state index in [1.165, 1.54) is 0 Å². The van der Waals surface area contributed by atoms with Crippen LogP contribution in [0.15, 0.2) is 17.5 Å². The van der Waals surface area contributed by atoms with Crippen molar-refractivity contribution in [2.75, 3.05) is 5.73 Å². The van der Waals surface area contributed by atoms with E-state index in [0.717, 1.165) is 4.88 Å². The van der Waals surface area contributed by atoms with Crippen LogP contribution in [0.1, 0.15) is 13.8 Å². The normalized spacial score (nSPS) is 10.7. The molecule has 0 amide bonds. The molecule has 0 atom stereocenters. The second-order valence-electron chi connectivity index (χ2n) is 3.44. The molecule has 2 rings (SSSR count). The van der Waals surface area contributed by atoms with Gasteiger partial charge in [-0.3, -0.25) is 0 Å². The maximum Gasteiger partial charge on any atom is 0.322 e. The van der Waals surface area contributed by atoms with Crippen molar-refractivity contribution in [3.63, 3.8) is 0 Å². The van der Waals surface area contributed by atoms with Gasteiger partial charge in [0, 0.05) is 0 Å². The van der Waals surface area contributed by atoms with Crippen LogP contribution in [0.3, 0.4) is 0 Å². The van der Waals surface area contributed by atoms with Crippen LogP contribution >= 0.6 is 11.3 Å². The summed E-state index contributed by atoms with van der Waals surface area (Å²) in [7, 11) is 0. The maximum absolute atomic E-state index is 5.60. The summed E-state index contributed by atoms with van der Waals surface area (Å²) < 4.78 is 5.40. The molecule has 2 heterocycles. The molecule has 2 aromatic heterocycles. The highest BCUT2D eigenvalue weighted by Gasteiger charge is 2.09. The lowest BCUT2D eigenvalue weighted by molar-refractivity contribution is 0.222. The summed E-state index contributed by atoms with van der Waals surface area (Å²) in [5, 5.41) is 1.96. The summed E-state index contributed by atoms with van der Waals surface area (Å²) in [6.45, 7) is 3.82. The van der Waals surface area contributed by atoms with Gasteiger partial charge in [0.25, 0.3) is 0 Å². The zero-order valence-corrected chi connectivity index (χ0v) is 9.86. The van der Waals surface area contributed by atoms with Crippen LogP contribution in [-0.4, -0.2) is 21.1 Å². The van der Waals surface area contributed by atoms with Gasteiger partial charge >= 0.3 is 6.01 Å². The van der Waals surface area contributed by atoms with Crippen molar-refractivity contribution < 1.29 is 4.74 Å². The Labute approximate surface area is 97.3 Å². The number of nitrogen functional groups attached to an aromatic ring is 1. The third kappa shape index (κ3) is 2.46. The Morgan fingerprint density at radius 2 is 2.12 bits per heavy atom. The number of rotatable bonds is 3. The number of nitrogens with two attached hydrogens (primary N) is 1. The van der Waals surface area contributed by atoms with Crippen molar-refractivity contribution >= 4 is 17.3 Å². The standard InChI is InChI=1S/C10H12N4OS/c1-6(2)15-10-13-8(12-9(11)14-10)7-4-3-5-16-7/h3-6H,1-2H3,(H2,11,12,13,14). The lowest BCUT2D eigenvalue weighted by Gasteiger charge is -2.08. The predicted octanol–water partition coefficient (Wildman–Crippen LogP) is 1.97. The van der Waals surface area contributed by atoms with Crippen molar-refractivity contribution in [3.05, 3.63) is 17.5 Å². The lowest BCUT2D eigenvalue weighted by Crippen LogP contribution is -2.10. The number of hydrogen-bond acceptors (Lipinski definition) is 6. The first-order chi connectivity index (χ1) is 7.65. The van der Waals surface area contributed by atoms with Crippen molar-refractivity contribution in [1.29, 1.82) is 0 Å². The Hall–Kier alpha value is -1.69. The van der Waals surface area contributed by atoms with Gasteiger partial charge < -0.3 is 10.5 Å². The molecule has 0 unspecified atom stereocenters. The van der Waals surface area contributed by atoms with Gasteiger partial charge in [-0.2, -0.15) is 15.0 Å². The van der Waals surface area contributed by atoms with Crippen molar-refractivity contribution in [1.82, 2.24) is 15.0 Å². The smallest absolute Gasteiger partial charge is 0.322 e. The van der Waals surface area contributed by atoms with Crippen LogP contribution < -0.4 is 10.5 Å². The van der Waals surface area contributed by atoms with E-state index in [-0.39, 0.29) is 18.1 Å². The van der Waals surface area contributed by atoms with Gasteiger partial charge in [0.05, 0.1) is 11.0 Å². The molecule has 0 saturated heterocycles. The molecule has 5 nitrogen and oxygen atoms in total. The van der Waals surface area contributed by atoms with Crippen LogP contribution in [-0.2, 0) is 0 Å². The molecule has 2 aromatic rings. The number of nitrogens with zero attached hydrogens (tertiary/aromatic N) is 3. The first-order valence-corrected chi connectivity index (χ1v) is 5.75. The largest absolute Gasteiger partial charge is 0.461 e. The van der Waals surface area contributed by atoms with E-state index < -0.39 is 0 Å². The molecule has 0 aliphatic rings. The number of aromatic nitrogens is 3. The van der Waals surface area contributed by atoms with E-state index >= 15 is 0 Å². The molecule has 6 heteroatoms. The highest BCUT2D eigenvalue weighted by atomic mass is 32.1. The molecular formula is C10H12N4OS. The molecule has 0 fully saturated rings. The van der Waals surface area contributed by atoms with Gasteiger partial charge in [0.15, 0.2) is 5.82 Å². The average Bonchev–Trinajstić information content (AvgIpc) is 2.67. The molecule has 0 aliphatic carbocycles. The van der Waals surface area contributed by atoms with Crippen molar-refractivity contribution in [2.45, 2.75) is 20.0 Å². The fraction of sp³-hybridized carbons (Fsp3) is 0.300. The average molecular weight is 236 g/mol. The zero-order chi connectivity index (χ0) is 11.5. The maximum atomic E-state index is 5.60. The minimum Gasteiger partial charge on any atom is -0.461 e.